The Morgan fingerprint density at radius 3 is 1.83 bits per heavy atom. The first-order valence-electron chi connectivity index (χ1n) is 1.05. The van der Waals surface area contributed by atoms with E-state index in [4.69, 9.17) is 5.11 Å². The summed E-state index contributed by atoms with van der Waals surface area (Å²) in [4.78, 5) is 0. The van der Waals surface area contributed by atoms with E-state index in [0.29, 0.717) is 0 Å². The van der Waals surface area contributed by atoms with Crippen molar-refractivity contribution in [3.63, 3.8) is 0 Å². The summed E-state index contributed by atoms with van der Waals surface area (Å²) < 4.78 is 18.6. The SMILES string of the molecule is NC(O)=S(=O)=O. The van der Waals surface area contributed by atoms with Crippen LogP contribution in [0.3, 0.4) is 0 Å². The fraction of sp³-hybridized carbons (Fsp3) is 0. The molecule has 0 aromatic heterocycles. The van der Waals surface area contributed by atoms with Crippen LogP contribution in [0.25, 0.3) is 0 Å². The molecule has 4 nitrogen and oxygen atoms in total. The molecule has 0 atom stereocenters. The van der Waals surface area contributed by atoms with Gasteiger partial charge >= 0.3 is 0 Å². The van der Waals surface area contributed by atoms with Gasteiger partial charge in [-0.1, -0.05) is 0 Å². The lowest BCUT2D eigenvalue weighted by atomic mass is 11.4. The predicted molar refractivity (Wildman–Crippen MR) is 20.7 cm³/mol. The molecule has 5 heteroatoms. The van der Waals surface area contributed by atoms with Crippen molar-refractivity contribution in [1.82, 2.24) is 0 Å². The smallest absolute Gasteiger partial charge is 0.256 e. The van der Waals surface area contributed by atoms with Gasteiger partial charge in [-0.3, -0.25) is 5.73 Å². The average Bonchev–Trinajstić information content (AvgIpc) is 1.36. The number of nitrogens with two attached hydrogens (primary N) is 1. The summed E-state index contributed by atoms with van der Waals surface area (Å²) in [6.45, 7) is 0. The van der Waals surface area contributed by atoms with E-state index >= 15 is 0 Å². The van der Waals surface area contributed by atoms with Crippen molar-refractivity contribution >= 4 is 15.5 Å². The lowest BCUT2D eigenvalue weighted by molar-refractivity contribution is 0.551. The zero-order valence-corrected chi connectivity index (χ0v) is 3.57. The van der Waals surface area contributed by atoms with E-state index in [1.807, 2.05) is 0 Å². The Balaban J connectivity index is 4.58. The molecule has 3 N–H and O–H groups in total. The van der Waals surface area contributed by atoms with Crippen molar-refractivity contribution in [2.24, 2.45) is 5.73 Å². The Morgan fingerprint density at radius 1 is 1.67 bits per heavy atom. The van der Waals surface area contributed by atoms with Crippen LogP contribution in [-0.4, -0.2) is 18.7 Å². The van der Waals surface area contributed by atoms with Crippen LogP contribution in [0.15, 0.2) is 0 Å². The van der Waals surface area contributed by atoms with Crippen LogP contribution in [0.1, 0.15) is 0 Å². The molecule has 0 rings (SSSR count). The first-order valence-corrected chi connectivity index (χ1v) is 2.12. The number of aliphatic hydroxyl groups excluding tert-OH is 1. The van der Waals surface area contributed by atoms with Crippen molar-refractivity contribution in [3.8, 4) is 0 Å². The second-order valence-corrected chi connectivity index (χ2v) is 1.46. The number of hydrogen-bond donors (Lipinski definition) is 2. The topological polar surface area (TPSA) is 80.4 Å². The molecule has 0 aromatic rings. The van der Waals surface area contributed by atoms with Gasteiger partial charge in [0.15, 0.2) is 0 Å². The maximum absolute atomic E-state index is 9.29. The summed E-state index contributed by atoms with van der Waals surface area (Å²) in [7, 11) is -2.62. The van der Waals surface area contributed by atoms with E-state index in [1.54, 1.807) is 0 Å². The van der Waals surface area contributed by atoms with Crippen LogP contribution in [0.5, 0.6) is 0 Å². The molecule has 0 aromatic carbocycles. The second kappa shape index (κ2) is 1.91. The van der Waals surface area contributed by atoms with E-state index in [1.165, 1.54) is 0 Å². The van der Waals surface area contributed by atoms with Gasteiger partial charge in [-0.15, -0.1) is 0 Å². The summed E-state index contributed by atoms with van der Waals surface area (Å²) in [5.74, 6) is 0. The van der Waals surface area contributed by atoms with E-state index < -0.39 is 15.5 Å². The van der Waals surface area contributed by atoms with Crippen LogP contribution < -0.4 is 5.73 Å². The standard InChI is InChI=1S/CH3NO3S/c2-1(3)6(4)5/h3H,2H2. The Morgan fingerprint density at radius 2 is 1.83 bits per heavy atom. The van der Waals surface area contributed by atoms with Gasteiger partial charge in [0.25, 0.3) is 10.3 Å². The van der Waals surface area contributed by atoms with E-state index in [-0.39, 0.29) is 0 Å². The largest absolute Gasteiger partial charge is 0.339 e. The second-order valence-electron chi connectivity index (χ2n) is 0.573. The zero-order valence-electron chi connectivity index (χ0n) is 2.75. The summed E-state index contributed by atoms with van der Waals surface area (Å²) in [5, 5.41) is 6.64. The molecule has 0 radical (unpaired) electrons. The molecular formula is CH3NO3S. The van der Waals surface area contributed by atoms with Crippen molar-refractivity contribution in [3.05, 3.63) is 0 Å². The summed E-state index contributed by atoms with van der Waals surface area (Å²) in [6.07, 6.45) is 0. The zero-order chi connectivity index (χ0) is 5.15. The highest BCUT2D eigenvalue weighted by Gasteiger charge is 1.74. The molecular weight excluding hydrogens is 106 g/mol. The molecule has 0 spiro atoms. The minimum Gasteiger partial charge on any atom is -0.339 e. The minimum atomic E-state index is -2.62. The highest BCUT2D eigenvalue weighted by molar-refractivity contribution is 7.72. The van der Waals surface area contributed by atoms with E-state index in [9.17, 15) is 8.42 Å². The molecule has 0 aliphatic rings. The molecule has 0 aliphatic carbocycles. The average molecular weight is 109 g/mol. The lowest BCUT2D eigenvalue weighted by Crippen LogP contribution is -2.09. The predicted octanol–water partition coefficient (Wildman–Crippen LogP) is -1.53. The molecule has 0 bridgehead atoms. The third kappa shape index (κ3) is 1.89. The maximum Gasteiger partial charge on any atom is 0.256 e. The Labute approximate surface area is 35.7 Å². The fourth-order valence-electron chi connectivity index (χ4n) is 0. The van der Waals surface area contributed by atoms with Gasteiger partial charge in [0.1, 0.15) is 0 Å². The molecule has 0 heterocycles. The minimum absolute atomic E-state index is 1.07. The highest BCUT2D eigenvalue weighted by atomic mass is 32.2. The van der Waals surface area contributed by atoms with Crippen molar-refractivity contribution in [2.75, 3.05) is 0 Å². The van der Waals surface area contributed by atoms with Crippen LogP contribution in [0, 0.1) is 0 Å². The molecule has 36 valence electrons. The molecule has 0 aliphatic heterocycles. The molecule has 6 heavy (non-hydrogen) atoms. The molecule has 0 unspecified atom stereocenters. The van der Waals surface area contributed by atoms with Gasteiger partial charge in [-0.2, -0.15) is 8.42 Å². The fourth-order valence-corrected chi connectivity index (χ4v) is 0. The quantitative estimate of drug-likeness (QED) is 0.370. The highest BCUT2D eigenvalue weighted by Crippen LogP contribution is 1.38. The van der Waals surface area contributed by atoms with Crippen LogP contribution in [0.2, 0.25) is 0 Å². The van der Waals surface area contributed by atoms with Gasteiger partial charge < -0.3 is 5.11 Å². The van der Waals surface area contributed by atoms with Gasteiger partial charge in [0, 0.05) is 0 Å². The third-order valence-electron chi connectivity index (χ3n) is 0.171. The van der Waals surface area contributed by atoms with Crippen LogP contribution >= 0.6 is 0 Å². The summed E-state index contributed by atoms with van der Waals surface area (Å²) in [5.41, 5.74) is 4.29. The summed E-state index contributed by atoms with van der Waals surface area (Å²) >= 11 is 0. The van der Waals surface area contributed by atoms with Crippen molar-refractivity contribution in [2.45, 2.75) is 0 Å². The van der Waals surface area contributed by atoms with E-state index in [0.717, 1.165) is 0 Å². The Kier molecular flexibility index (Phi) is 1.78. The van der Waals surface area contributed by atoms with Crippen LogP contribution in [0.4, 0.5) is 0 Å². The van der Waals surface area contributed by atoms with Crippen LogP contribution in [-0.2, 0) is 10.3 Å². The third-order valence-corrected chi connectivity index (χ3v) is 0.512. The van der Waals surface area contributed by atoms with Gasteiger partial charge in [-0.05, 0) is 0 Å². The summed E-state index contributed by atoms with van der Waals surface area (Å²) in [6, 6.07) is 0. The number of hydrogen-bond acceptors (Lipinski definition) is 2. The molecule has 0 fully saturated rings. The molecule has 0 amide bonds. The molecule has 0 saturated heterocycles. The maximum atomic E-state index is 9.29. The monoisotopic (exact) mass is 109 g/mol. The van der Waals surface area contributed by atoms with Crippen molar-refractivity contribution in [1.29, 1.82) is 0 Å². The lowest BCUT2D eigenvalue weighted by Gasteiger charge is -1.65. The Bertz CT molecular complexity index is 142. The first-order chi connectivity index (χ1) is 2.64. The van der Waals surface area contributed by atoms with Gasteiger partial charge in [0.05, 0.1) is 0 Å². The Hall–Kier alpha value is -0.390. The van der Waals surface area contributed by atoms with Gasteiger partial charge in [0.2, 0.25) is 5.17 Å². The van der Waals surface area contributed by atoms with Gasteiger partial charge in [-0.25, -0.2) is 0 Å². The van der Waals surface area contributed by atoms with Crippen molar-refractivity contribution < 1.29 is 13.5 Å². The first kappa shape index (κ1) is 5.61. The molecule has 0 saturated carbocycles. The normalized spacial score (nSPS) is 7.67. The number of rotatable bonds is 0. The van der Waals surface area contributed by atoms with E-state index in [2.05, 4.69) is 5.73 Å². The number of aliphatic hydroxyl groups is 1.